The zero-order valence-electron chi connectivity index (χ0n) is 11.8. The van der Waals surface area contributed by atoms with E-state index in [0.717, 1.165) is 32.4 Å². The minimum Gasteiger partial charge on any atom is -0.365 e. The van der Waals surface area contributed by atoms with Crippen molar-refractivity contribution in [3.8, 4) is 0 Å². The topological polar surface area (TPSA) is 50.4 Å². The molecule has 1 saturated heterocycles. The van der Waals surface area contributed by atoms with E-state index in [2.05, 4.69) is 10.6 Å². The highest BCUT2D eigenvalue weighted by Gasteiger charge is 2.25. The van der Waals surface area contributed by atoms with Crippen LogP contribution in [0.15, 0.2) is 0 Å². The zero-order valence-corrected chi connectivity index (χ0v) is 12.6. The number of hydrogen-bond donors (Lipinski definition) is 2. The number of amides is 1. The number of hydrogen-bond acceptors (Lipinski definition) is 3. The molecule has 0 aromatic rings. The second-order valence-corrected chi connectivity index (χ2v) is 5.48. The molecule has 2 rings (SSSR count). The average Bonchev–Trinajstić information content (AvgIpc) is 3.06. The number of ether oxygens (including phenoxy) is 1. The normalized spacial score (nSPS) is 25.0. The van der Waals surface area contributed by atoms with Gasteiger partial charge in [0.1, 0.15) is 6.10 Å². The minimum absolute atomic E-state index is 0. The lowest BCUT2D eigenvalue weighted by Crippen LogP contribution is -2.43. The van der Waals surface area contributed by atoms with Crippen LogP contribution in [0.4, 0.5) is 0 Å². The highest BCUT2D eigenvalue weighted by Crippen LogP contribution is 2.22. The molecule has 2 fully saturated rings. The lowest BCUT2D eigenvalue weighted by Gasteiger charge is -2.21. The van der Waals surface area contributed by atoms with Crippen LogP contribution in [0.5, 0.6) is 0 Å². The first-order chi connectivity index (χ1) is 8.79. The van der Waals surface area contributed by atoms with Crippen molar-refractivity contribution in [3.05, 3.63) is 0 Å². The highest BCUT2D eigenvalue weighted by atomic mass is 35.5. The van der Waals surface area contributed by atoms with E-state index in [1.54, 1.807) is 0 Å². The van der Waals surface area contributed by atoms with E-state index in [1.807, 2.05) is 6.92 Å². The lowest BCUT2D eigenvalue weighted by molar-refractivity contribution is -0.136. The first kappa shape index (κ1) is 16.7. The van der Waals surface area contributed by atoms with Gasteiger partial charge in [0, 0.05) is 12.6 Å². The van der Waals surface area contributed by atoms with Crippen LogP contribution in [-0.4, -0.2) is 37.2 Å². The van der Waals surface area contributed by atoms with E-state index >= 15 is 0 Å². The van der Waals surface area contributed by atoms with Gasteiger partial charge in [0.2, 0.25) is 5.91 Å². The smallest absolute Gasteiger partial charge is 0.249 e. The summed E-state index contributed by atoms with van der Waals surface area (Å²) >= 11 is 0. The molecule has 2 aliphatic rings. The fraction of sp³-hybridized carbons (Fsp3) is 0.929. The molecule has 2 atom stereocenters. The highest BCUT2D eigenvalue weighted by molar-refractivity contribution is 5.85. The monoisotopic (exact) mass is 290 g/mol. The lowest BCUT2D eigenvalue weighted by atomic mass is 10.2. The van der Waals surface area contributed by atoms with Gasteiger partial charge in [-0.3, -0.25) is 4.79 Å². The summed E-state index contributed by atoms with van der Waals surface area (Å²) in [4.78, 5) is 12.1. The van der Waals surface area contributed by atoms with E-state index < -0.39 is 0 Å². The van der Waals surface area contributed by atoms with Gasteiger partial charge in [-0.05, 0) is 38.6 Å². The predicted molar refractivity (Wildman–Crippen MR) is 78.7 cm³/mol. The van der Waals surface area contributed by atoms with Crippen LogP contribution >= 0.6 is 12.4 Å². The molecule has 1 saturated carbocycles. The largest absolute Gasteiger partial charge is 0.365 e. The number of carbonyl (C=O) groups excluding carboxylic acids is 1. The van der Waals surface area contributed by atoms with E-state index in [-0.39, 0.29) is 24.4 Å². The maximum atomic E-state index is 12.1. The summed E-state index contributed by atoms with van der Waals surface area (Å²) in [7, 11) is 0. The summed E-state index contributed by atoms with van der Waals surface area (Å²) in [5.41, 5.74) is 0. The fourth-order valence-corrected chi connectivity index (χ4v) is 2.87. The molecule has 5 heteroatoms. The van der Waals surface area contributed by atoms with Gasteiger partial charge in [0.05, 0.1) is 6.10 Å². The van der Waals surface area contributed by atoms with Crippen LogP contribution in [0.1, 0.15) is 51.9 Å². The number of nitrogens with one attached hydrogen (secondary N) is 2. The Morgan fingerprint density at radius 2 is 2.05 bits per heavy atom. The van der Waals surface area contributed by atoms with Crippen molar-refractivity contribution in [3.63, 3.8) is 0 Å². The van der Waals surface area contributed by atoms with Crippen LogP contribution in [0.3, 0.4) is 0 Å². The first-order valence-electron chi connectivity index (χ1n) is 7.46. The predicted octanol–water partition coefficient (Wildman–Crippen LogP) is 2.01. The molecular formula is C14H27ClN2O2. The van der Waals surface area contributed by atoms with Gasteiger partial charge >= 0.3 is 0 Å². The molecule has 0 radical (unpaired) electrons. The van der Waals surface area contributed by atoms with Gasteiger partial charge < -0.3 is 15.4 Å². The molecule has 0 bridgehead atoms. The third kappa shape index (κ3) is 5.28. The number of halogens is 1. The van der Waals surface area contributed by atoms with Gasteiger partial charge in [-0.25, -0.2) is 0 Å². The number of carbonyl (C=O) groups is 1. The quantitative estimate of drug-likeness (QED) is 0.787. The van der Waals surface area contributed by atoms with Crippen molar-refractivity contribution in [1.29, 1.82) is 0 Å². The van der Waals surface area contributed by atoms with Gasteiger partial charge in [-0.15, -0.1) is 12.4 Å². The van der Waals surface area contributed by atoms with Gasteiger partial charge in [-0.2, -0.15) is 0 Å². The minimum atomic E-state index is -0.255. The van der Waals surface area contributed by atoms with E-state index in [1.165, 1.54) is 25.7 Å². The number of rotatable bonds is 6. The Morgan fingerprint density at radius 3 is 2.63 bits per heavy atom. The van der Waals surface area contributed by atoms with E-state index in [0.29, 0.717) is 12.1 Å². The maximum absolute atomic E-state index is 12.1. The summed E-state index contributed by atoms with van der Waals surface area (Å²) in [6.07, 6.45) is 7.93. The Balaban J connectivity index is 0.00000180. The van der Waals surface area contributed by atoms with Crippen LogP contribution in [0, 0.1) is 0 Å². The van der Waals surface area contributed by atoms with Crippen molar-refractivity contribution in [2.75, 3.05) is 13.1 Å². The van der Waals surface area contributed by atoms with Crippen molar-refractivity contribution >= 4 is 18.3 Å². The maximum Gasteiger partial charge on any atom is 0.249 e. The van der Waals surface area contributed by atoms with Crippen molar-refractivity contribution < 1.29 is 9.53 Å². The summed E-state index contributed by atoms with van der Waals surface area (Å²) < 4.78 is 5.91. The molecular weight excluding hydrogens is 264 g/mol. The third-order valence-corrected chi connectivity index (χ3v) is 4.01. The molecule has 1 aliphatic heterocycles. The fourth-order valence-electron chi connectivity index (χ4n) is 2.87. The molecule has 112 valence electrons. The average molecular weight is 291 g/mol. The van der Waals surface area contributed by atoms with Crippen molar-refractivity contribution in [2.45, 2.75) is 70.1 Å². The van der Waals surface area contributed by atoms with Crippen LogP contribution in [0.25, 0.3) is 0 Å². The van der Waals surface area contributed by atoms with Crippen LogP contribution < -0.4 is 10.6 Å². The van der Waals surface area contributed by atoms with Crippen molar-refractivity contribution in [2.24, 2.45) is 0 Å². The van der Waals surface area contributed by atoms with Gasteiger partial charge in [0.25, 0.3) is 0 Å². The second-order valence-electron chi connectivity index (χ2n) is 5.48. The van der Waals surface area contributed by atoms with Crippen molar-refractivity contribution in [1.82, 2.24) is 10.6 Å². The first-order valence-corrected chi connectivity index (χ1v) is 7.46. The van der Waals surface area contributed by atoms with E-state index in [4.69, 9.17) is 4.74 Å². The molecule has 0 aromatic carbocycles. The third-order valence-electron chi connectivity index (χ3n) is 4.01. The Morgan fingerprint density at radius 1 is 1.32 bits per heavy atom. The van der Waals surface area contributed by atoms with Gasteiger partial charge in [-0.1, -0.05) is 19.8 Å². The Labute approximate surface area is 122 Å². The Bertz CT molecular complexity index is 264. The van der Waals surface area contributed by atoms with Crippen LogP contribution in [0.2, 0.25) is 0 Å². The molecule has 1 amide bonds. The summed E-state index contributed by atoms with van der Waals surface area (Å²) in [5.74, 6) is 0.0677. The Hall–Kier alpha value is -0.320. The zero-order chi connectivity index (χ0) is 12.8. The summed E-state index contributed by atoms with van der Waals surface area (Å²) in [6.45, 7) is 3.84. The molecule has 2 N–H and O–H groups in total. The molecule has 1 aliphatic carbocycles. The standard InChI is InChI=1S/C14H26N2O2.ClH/c1-2-13(18-12-7-3-4-8-12)14(17)16-10-11-6-5-9-15-11;/h11-13,15H,2-10H2,1H3,(H,16,17);1H. The molecule has 4 nitrogen and oxygen atoms in total. The van der Waals surface area contributed by atoms with Crippen LogP contribution in [-0.2, 0) is 9.53 Å². The summed E-state index contributed by atoms with van der Waals surface area (Å²) in [6, 6.07) is 0.456. The molecule has 0 aromatic heterocycles. The molecule has 1 heterocycles. The van der Waals surface area contributed by atoms with Gasteiger partial charge in [0.15, 0.2) is 0 Å². The molecule has 19 heavy (non-hydrogen) atoms. The second kappa shape index (κ2) is 8.77. The van der Waals surface area contributed by atoms with E-state index in [9.17, 15) is 4.79 Å². The Kier molecular flexibility index (Phi) is 7.73. The summed E-state index contributed by atoms with van der Waals surface area (Å²) in [5, 5.41) is 6.41. The SMILES string of the molecule is CCC(OC1CCCC1)C(=O)NCC1CCCN1.Cl. The molecule has 0 spiro atoms. The molecule has 2 unspecified atom stereocenters.